The molecule has 20 heavy (non-hydrogen) atoms. The van der Waals surface area contributed by atoms with Gasteiger partial charge >= 0.3 is 6.18 Å². The van der Waals surface area contributed by atoms with Gasteiger partial charge in [-0.25, -0.2) is 0 Å². The minimum atomic E-state index is -4.26. The molecule has 0 radical (unpaired) electrons. The lowest BCUT2D eigenvalue weighted by molar-refractivity contribution is -0.137. The highest BCUT2D eigenvalue weighted by Crippen LogP contribution is 2.43. The van der Waals surface area contributed by atoms with Crippen LogP contribution in [-0.4, -0.2) is 23.5 Å². The second kappa shape index (κ2) is 4.62. The van der Waals surface area contributed by atoms with Gasteiger partial charge in [-0.3, -0.25) is 4.90 Å². The van der Waals surface area contributed by atoms with E-state index in [4.69, 9.17) is 0 Å². The summed E-state index contributed by atoms with van der Waals surface area (Å²) in [5, 5.41) is 0. The Bertz CT molecular complexity index is 528. The molecule has 108 valence electrons. The lowest BCUT2D eigenvalue weighted by Crippen LogP contribution is -2.37. The van der Waals surface area contributed by atoms with Gasteiger partial charge < -0.3 is 0 Å². The predicted octanol–water partition coefficient (Wildman–Crippen LogP) is 4.20. The van der Waals surface area contributed by atoms with Gasteiger partial charge in [0.05, 0.1) is 5.56 Å². The quantitative estimate of drug-likeness (QED) is 0.785. The maximum absolute atomic E-state index is 12.6. The van der Waals surface area contributed by atoms with Crippen LogP contribution >= 0.6 is 0 Å². The summed E-state index contributed by atoms with van der Waals surface area (Å²) in [4.78, 5) is 2.44. The zero-order valence-corrected chi connectivity index (χ0v) is 11.6. The van der Waals surface area contributed by atoms with Crippen molar-refractivity contribution in [2.75, 3.05) is 6.54 Å². The van der Waals surface area contributed by atoms with Gasteiger partial charge in [0.2, 0.25) is 0 Å². The summed E-state index contributed by atoms with van der Waals surface area (Å²) < 4.78 is 37.8. The number of fused-ring (bicyclic) bond motifs is 2. The van der Waals surface area contributed by atoms with Crippen LogP contribution in [0.2, 0.25) is 0 Å². The second-order valence-electron chi connectivity index (χ2n) is 6.00. The molecule has 1 heterocycles. The van der Waals surface area contributed by atoms with Gasteiger partial charge in [0, 0.05) is 18.6 Å². The summed E-state index contributed by atoms with van der Waals surface area (Å²) in [5.74, 6) is 0.555. The van der Waals surface area contributed by atoms with Crippen LogP contribution < -0.4 is 0 Å². The molecular weight excluding hydrogens is 263 g/mol. The van der Waals surface area contributed by atoms with Crippen molar-refractivity contribution >= 4 is 5.57 Å². The SMILES string of the molecule is CC(C)N1CC2C=C(c3ccc(C(F)(F)F)cc3)C1C2. The smallest absolute Gasteiger partial charge is 0.293 e. The molecule has 1 aromatic rings. The molecule has 3 rings (SSSR count). The van der Waals surface area contributed by atoms with Crippen LogP contribution in [0.3, 0.4) is 0 Å². The van der Waals surface area contributed by atoms with Crippen LogP contribution in [0.4, 0.5) is 13.2 Å². The Balaban J connectivity index is 1.86. The first-order valence-corrected chi connectivity index (χ1v) is 7.01. The second-order valence-corrected chi connectivity index (χ2v) is 6.00. The molecule has 4 heteroatoms. The fourth-order valence-corrected chi connectivity index (χ4v) is 3.40. The van der Waals surface area contributed by atoms with Crippen LogP contribution in [0.5, 0.6) is 0 Å². The Morgan fingerprint density at radius 2 is 1.80 bits per heavy atom. The lowest BCUT2D eigenvalue weighted by atomic mass is 9.98. The number of nitrogens with zero attached hydrogens (tertiary/aromatic N) is 1. The van der Waals surface area contributed by atoms with Gasteiger partial charge in [0.1, 0.15) is 0 Å². The van der Waals surface area contributed by atoms with Crippen molar-refractivity contribution in [1.82, 2.24) is 4.90 Å². The first-order chi connectivity index (χ1) is 9.36. The third-order valence-electron chi connectivity index (χ3n) is 4.35. The molecule has 2 unspecified atom stereocenters. The van der Waals surface area contributed by atoms with Crippen molar-refractivity contribution < 1.29 is 13.2 Å². The van der Waals surface area contributed by atoms with Gasteiger partial charge in [-0.15, -0.1) is 0 Å². The fourth-order valence-electron chi connectivity index (χ4n) is 3.40. The van der Waals surface area contributed by atoms with Gasteiger partial charge in [0.15, 0.2) is 0 Å². The lowest BCUT2D eigenvalue weighted by Gasteiger charge is -2.31. The number of halogens is 3. The van der Waals surface area contributed by atoms with Crippen LogP contribution in [0.1, 0.15) is 31.4 Å². The van der Waals surface area contributed by atoms with E-state index in [9.17, 15) is 13.2 Å². The highest BCUT2D eigenvalue weighted by Gasteiger charge is 2.40. The summed E-state index contributed by atoms with van der Waals surface area (Å²) >= 11 is 0. The van der Waals surface area contributed by atoms with E-state index in [1.54, 1.807) is 12.1 Å². The van der Waals surface area contributed by atoms with E-state index in [1.165, 1.54) is 17.7 Å². The van der Waals surface area contributed by atoms with E-state index in [-0.39, 0.29) is 0 Å². The number of benzene rings is 1. The molecule has 1 saturated heterocycles. The van der Waals surface area contributed by atoms with Gasteiger partial charge in [-0.1, -0.05) is 18.2 Å². The molecule has 1 fully saturated rings. The molecule has 1 nitrogen and oxygen atoms in total. The minimum absolute atomic E-state index is 0.372. The number of hydrogen-bond acceptors (Lipinski definition) is 1. The predicted molar refractivity (Wildman–Crippen MR) is 73.2 cm³/mol. The summed E-state index contributed by atoms with van der Waals surface area (Å²) in [5.41, 5.74) is 1.55. The fraction of sp³-hybridized carbons (Fsp3) is 0.500. The highest BCUT2D eigenvalue weighted by molar-refractivity contribution is 5.73. The average molecular weight is 281 g/mol. The molecular formula is C16H18F3N. The Kier molecular flexibility index (Phi) is 3.16. The number of rotatable bonds is 2. The molecule has 1 aliphatic carbocycles. The number of alkyl halides is 3. The first-order valence-electron chi connectivity index (χ1n) is 7.01. The number of likely N-dealkylation sites (tertiary alicyclic amines) is 1. The van der Waals surface area contributed by atoms with Crippen molar-refractivity contribution in [3.63, 3.8) is 0 Å². The molecule has 0 spiro atoms. The van der Waals surface area contributed by atoms with Crippen LogP contribution in [0, 0.1) is 5.92 Å². The number of hydrogen-bond donors (Lipinski definition) is 0. The van der Waals surface area contributed by atoms with Crippen molar-refractivity contribution in [1.29, 1.82) is 0 Å². The van der Waals surface area contributed by atoms with Crippen molar-refractivity contribution in [3.8, 4) is 0 Å². The van der Waals surface area contributed by atoms with E-state index in [0.717, 1.165) is 18.5 Å². The molecule has 0 amide bonds. The summed E-state index contributed by atoms with van der Waals surface area (Å²) in [6, 6.07) is 6.42. The molecule has 0 N–H and O–H groups in total. The Morgan fingerprint density at radius 3 is 2.30 bits per heavy atom. The molecule has 0 saturated carbocycles. The molecule has 2 bridgehead atoms. The maximum Gasteiger partial charge on any atom is 0.416 e. The van der Waals surface area contributed by atoms with E-state index in [1.807, 2.05) is 0 Å². The molecule has 2 aliphatic rings. The van der Waals surface area contributed by atoms with E-state index < -0.39 is 11.7 Å². The largest absolute Gasteiger partial charge is 0.416 e. The average Bonchev–Trinajstić information content (AvgIpc) is 2.97. The summed E-state index contributed by atoms with van der Waals surface area (Å²) in [6.45, 7) is 5.42. The monoisotopic (exact) mass is 281 g/mol. The van der Waals surface area contributed by atoms with Gasteiger partial charge in [0.25, 0.3) is 0 Å². The van der Waals surface area contributed by atoms with Crippen LogP contribution in [-0.2, 0) is 6.18 Å². The third kappa shape index (κ3) is 2.26. The van der Waals surface area contributed by atoms with Gasteiger partial charge in [-0.2, -0.15) is 13.2 Å². The van der Waals surface area contributed by atoms with Crippen LogP contribution in [0.15, 0.2) is 30.3 Å². The summed E-state index contributed by atoms with van der Waals surface area (Å²) in [7, 11) is 0. The van der Waals surface area contributed by atoms with E-state index >= 15 is 0 Å². The van der Waals surface area contributed by atoms with E-state index in [0.29, 0.717) is 18.0 Å². The standard InChI is InChI=1S/C16H18F3N/c1-10(2)20-9-11-7-14(15(20)8-11)12-3-5-13(6-4-12)16(17,18)19/h3-7,10-11,15H,8-9H2,1-2H3. The topological polar surface area (TPSA) is 3.24 Å². The van der Waals surface area contributed by atoms with Crippen LogP contribution in [0.25, 0.3) is 5.57 Å². The van der Waals surface area contributed by atoms with E-state index in [2.05, 4.69) is 24.8 Å². The molecule has 1 aromatic carbocycles. The first kappa shape index (κ1) is 13.7. The Morgan fingerprint density at radius 1 is 1.15 bits per heavy atom. The minimum Gasteiger partial charge on any atom is -0.293 e. The summed E-state index contributed by atoms with van der Waals surface area (Å²) in [6.07, 6.45) is -0.910. The third-order valence-corrected chi connectivity index (χ3v) is 4.35. The Hall–Kier alpha value is -1.29. The Labute approximate surface area is 117 Å². The highest BCUT2D eigenvalue weighted by atomic mass is 19.4. The molecule has 0 aromatic heterocycles. The van der Waals surface area contributed by atoms with Crippen molar-refractivity contribution in [2.24, 2.45) is 5.92 Å². The molecule has 2 atom stereocenters. The molecule has 1 aliphatic heterocycles. The van der Waals surface area contributed by atoms with Crippen molar-refractivity contribution in [2.45, 2.75) is 38.5 Å². The zero-order valence-electron chi connectivity index (χ0n) is 11.6. The zero-order chi connectivity index (χ0) is 14.5. The van der Waals surface area contributed by atoms with Crippen molar-refractivity contribution in [3.05, 3.63) is 41.5 Å². The van der Waals surface area contributed by atoms with Gasteiger partial charge in [-0.05, 0) is 49.5 Å². The maximum atomic E-state index is 12.6. The normalized spacial score (nSPS) is 26.4.